The van der Waals surface area contributed by atoms with Gasteiger partial charge in [0.2, 0.25) is 5.90 Å². The van der Waals surface area contributed by atoms with E-state index in [1.54, 1.807) is 6.92 Å². The topological polar surface area (TPSA) is 69.4 Å². The number of hydrogen-bond donors (Lipinski definition) is 1. The fraction of sp³-hybridized carbons (Fsp3) is 0.429. The van der Waals surface area contributed by atoms with Gasteiger partial charge in [-0.25, -0.2) is 0 Å². The standard InChI is InChI=1S/C14H16N2O2/c1-3-13(11-8-6-5-7-9-11)14(10-15,18-13)12(16)17-4-2/h5-9,16H,3-4H2,1-2H3/t13-,14+/m0/s1. The van der Waals surface area contributed by atoms with Crippen molar-refractivity contribution in [3.05, 3.63) is 35.9 Å². The number of hydrogen-bond acceptors (Lipinski definition) is 4. The molecule has 4 heteroatoms. The van der Waals surface area contributed by atoms with Gasteiger partial charge in [0, 0.05) is 0 Å². The molecule has 0 aromatic heterocycles. The molecule has 0 spiro atoms. The Morgan fingerprint density at radius 3 is 2.56 bits per heavy atom. The molecule has 0 unspecified atom stereocenters. The van der Waals surface area contributed by atoms with E-state index < -0.39 is 11.2 Å². The number of nitrogens with zero attached hydrogens (tertiary/aromatic N) is 1. The van der Waals surface area contributed by atoms with Gasteiger partial charge in [0.25, 0.3) is 5.60 Å². The van der Waals surface area contributed by atoms with Gasteiger partial charge in [-0.15, -0.1) is 0 Å². The summed E-state index contributed by atoms with van der Waals surface area (Å²) in [7, 11) is 0. The molecular formula is C14H16N2O2. The Bertz CT molecular complexity index is 494. The summed E-state index contributed by atoms with van der Waals surface area (Å²) in [6.45, 7) is 4.10. The van der Waals surface area contributed by atoms with Crippen molar-refractivity contribution in [2.45, 2.75) is 31.5 Å². The molecule has 1 aromatic rings. The van der Waals surface area contributed by atoms with Crippen molar-refractivity contribution in [3.63, 3.8) is 0 Å². The lowest BCUT2D eigenvalue weighted by atomic mass is 9.84. The van der Waals surface area contributed by atoms with Crippen LogP contribution in [0.3, 0.4) is 0 Å². The molecule has 18 heavy (non-hydrogen) atoms. The van der Waals surface area contributed by atoms with E-state index in [4.69, 9.17) is 14.9 Å². The van der Waals surface area contributed by atoms with Gasteiger partial charge in [-0.3, -0.25) is 5.41 Å². The Labute approximate surface area is 107 Å². The highest BCUT2D eigenvalue weighted by molar-refractivity contribution is 5.91. The lowest BCUT2D eigenvalue weighted by Crippen LogP contribution is -2.32. The molecule has 2 atom stereocenters. The van der Waals surface area contributed by atoms with Crippen molar-refractivity contribution in [1.29, 1.82) is 10.7 Å². The summed E-state index contributed by atoms with van der Waals surface area (Å²) in [5.41, 5.74) is -1.09. The van der Waals surface area contributed by atoms with Crippen LogP contribution < -0.4 is 0 Å². The minimum absolute atomic E-state index is 0.0989. The van der Waals surface area contributed by atoms with Crippen LogP contribution in [0.15, 0.2) is 30.3 Å². The van der Waals surface area contributed by atoms with Gasteiger partial charge in [0.15, 0.2) is 0 Å². The van der Waals surface area contributed by atoms with Gasteiger partial charge in [-0.1, -0.05) is 37.3 Å². The molecule has 1 aromatic carbocycles. The Morgan fingerprint density at radius 1 is 1.39 bits per heavy atom. The first-order valence-corrected chi connectivity index (χ1v) is 6.05. The largest absolute Gasteiger partial charge is 0.478 e. The van der Waals surface area contributed by atoms with Gasteiger partial charge in [-0.05, 0) is 18.9 Å². The Balaban J connectivity index is 2.39. The van der Waals surface area contributed by atoms with Crippen molar-refractivity contribution in [2.24, 2.45) is 0 Å². The van der Waals surface area contributed by atoms with Crippen LogP contribution in [0.25, 0.3) is 0 Å². The molecule has 0 amide bonds. The second-order valence-electron chi connectivity index (χ2n) is 4.20. The molecule has 1 aliphatic rings. The van der Waals surface area contributed by atoms with E-state index in [1.807, 2.05) is 37.3 Å². The zero-order chi connectivity index (χ0) is 13.2. The van der Waals surface area contributed by atoms with Crippen LogP contribution in [0.4, 0.5) is 0 Å². The Hall–Kier alpha value is -1.86. The Kier molecular flexibility index (Phi) is 3.10. The monoisotopic (exact) mass is 244 g/mol. The lowest BCUT2D eigenvalue weighted by molar-refractivity contribution is 0.262. The quantitative estimate of drug-likeness (QED) is 0.503. The van der Waals surface area contributed by atoms with Crippen LogP contribution >= 0.6 is 0 Å². The predicted molar refractivity (Wildman–Crippen MR) is 67.2 cm³/mol. The van der Waals surface area contributed by atoms with Gasteiger partial charge in [-0.2, -0.15) is 5.26 Å². The number of epoxide rings is 1. The number of benzene rings is 1. The van der Waals surface area contributed by atoms with E-state index in [1.165, 1.54) is 0 Å². The molecular weight excluding hydrogens is 228 g/mol. The number of rotatable bonds is 4. The summed E-state index contributed by atoms with van der Waals surface area (Å²) in [4.78, 5) is 0. The predicted octanol–water partition coefficient (Wildman–Crippen LogP) is 2.60. The van der Waals surface area contributed by atoms with Crippen molar-refractivity contribution in [1.82, 2.24) is 0 Å². The highest BCUT2D eigenvalue weighted by atomic mass is 16.7. The first kappa shape index (κ1) is 12.6. The van der Waals surface area contributed by atoms with Gasteiger partial charge < -0.3 is 9.47 Å². The number of ether oxygens (including phenoxy) is 2. The molecule has 1 heterocycles. The van der Waals surface area contributed by atoms with Crippen LogP contribution in [0.1, 0.15) is 25.8 Å². The first-order chi connectivity index (χ1) is 8.66. The summed E-state index contributed by atoms with van der Waals surface area (Å²) in [5.74, 6) is -0.0989. The summed E-state index contributed by atoms with van der Waals surface area (Å²) < 4.78 is 10.9. The molecule has 0 radical (unpaired) electrons. The molecule has 2 rings (SSSR count). The maximum absolute atomic E-state index is 9.39. The van der Waals surface area contributed by atoms with E-state index in [0.29, 0.717) is 13.0 Å². The van der Waals surface area contributed by atoms with E-state index in [-0.39, 0.29) is 5.90 Å². The van der Waals surface area contributed by atoms with Crippen LogP contribution in [-0.2, 0) is 15.1 Å². The molecule has 1 N–H and O–H groups in total. The third-order valence-electron chi connectivity index (χ3n) is 3.36. The van der Waals surface area contributed by atoms with Crippen molar-refractivity contribution >= 4 is 5.90 Å². The minimum atomic E-state index is -1.26. The van der Waals surface area contributed by atoms with Crippen molar-refractivity contribution < 1.29 is 9.47 Å². The highest BCUT2D eigenvalue weighted by Crippen LogP contribution is 2.58. The van der Waals surface area contributed by atoms with Crippen LogP contribution in [0, 0.1) is 16.7 Å². The summed E-state index contributed by atoms with van der Waals surface area (Å²) in [5, 5.41) is 17.3. The van der Waals surface area contributed by atoms with Crippen LogP contribution in [0.2, 0.25) is 0 Å². The number of nitriles is 1. The second kappa shape index (κ2) is 4.43. The lowest BCUT2D eigenvalue weighted by Gasteiger charge is -2.14. The third kappa shape index (κ3) is 1.52. The summed E-state index contributed by atoms with van der Waals surface area (Å²) >= 11 is 0. The second-order valence-corrected chi connectivity index (χ2v) is 4.20. The van der Waals surface area contributed by atoms with Gasteiger partial charge in [0.1, 0.15) is 11.7 Å². The van der Waals surface area contributed by atoms with E-state index >= 15 is 0 Å². The Morgan fingerprint density at radius 2 is 2.06 bits per heavy atom. The zero-order valence-electron chi connectivity index (χ0n) is 10.6. The average molecular weight is 244 g/mol. The third-order valence-corrected chi connectivity index (χ3v) is 3.36. The molecule has 0 bridgehead atoms. The molecule has 1 aliphatic heterocycles. The molecule has 1 fully saturated rings. The van der Waals surface area contributed by atoms with Gasteiger partial charge >= 0.3 is 0 Å². The average Bonchev–Trinajstić information content (AvgIpc) is 3.11. The fourth-order valence-electron chi connectivity index (χ4n) is 2.37. The molecule has 4 nitrogen and oxygen atoms in total. The maximum Gasteiger partial charge on any atom is 0.264 e. The zero-order valence-corrected chi connectivity index (χ0v) is 10.6. The fourth-order valence-corrected chi connectivity index (χ4v) is 2.37. The van der Waals surface area contributed by atoms with E-state index in [0.717, 1.165) is 5.56 Å². The molecule has 0 saturated carbocycles. The van der Waals surface area contributed by atoms with E-state index in [2.05, 4.69) is 6.07 Å². The summed E-state index contributed by atoms with van der Waals surface area (Å²) in [6.07, 6.45) is 0.625. The van der Waals surface area contributed by atoms with Crippen molar-refractivity contribution in [2.75, 3.05) is 6.61 Å². The van der Waals surface area contributed by atoms with Crippen LogP contribution in [0.5, 0.6) is 0 Å². The smallest absolute Gasteiger partial charge is 0.264 e. The highest BCUT2D eigenvalue weighted by Gasteiger charge is 2.75. The van der Waals surface area contributed by atoms with E-state index in [9.17, 15) is 5.26 Å². The number of nitrogens with one attached hydrogen (secondary N) is 1. The minimum Gasteiger partial charge on any atom is -0.478 e. The summed E-state index contributed by atoms with van der Waals surface area (Å²) in [6, 6.07) is 11.7. The molecule has 1 saturated heterocycles. The maximum atomic E-state index is 9.39. The normalized spacial score (nSPS) is 29.4. The SMILES string of the molecule is CCOC(=N)[C@@]1(C#N)O[C@@]1(CC)c1ccccc1. The molecule has 94 valence electrons. The van der Waals surface area contributed by atoms with Crippen molar-refractivity contribution in [3.8, 4) is 6.07 Å². The van der Waals surface area contributed by atoms with Crippen LogP contribution in [-0.4, -0.2) is 18.1 Å². The molecule has 0 aliphatic carbocycles. The first-order valence-electron chi connectivity index (χ1n) is 6.05. The van der Waals surface area contributed by atoms with Gasteiger partial charge in [0.05, 0.1) is 6.61 Å².